The van der Waals surface area contributed by atoms with Gasteiger partial charge in [0.25, 0.3) is 0 Å². The fraction of sp³-hybridized carbons (Fsp3) is 0.235. The summed E-state index contributed by atoms with van der Waals surface area (Å²) in [5.74, 6) is -0.297. The first-order valence-corrected chi connectivity index (χ1v) is 10.7. The zero-order valence-electron chi connectivity index (χ0n) is 14.2. The van der Waals surface area contributed by atoms with Crippen molar-refractivity contribution >= 4 is 44.9 Å². The number of thioether (sulfide) groups is 1. The minimum absolute atomic E-state index is 0.267. The van der Waals surface area contributed by atoms with Crippen LogP contribution < -0.4 is 4.72 Å². The van der Waals surface area contributed by atoms with Crippen LogP contribution in [0, 0.1) is 0 Å². The molecule has 0 spiro atoms. The van der Waals surface area contributed by atoms with Gasteiger partial charge in [0.05, 0.1) is 22.1 Å². The quantitative estimate of drug-likeness (QED) is 0.504. The third kappa shape index (κ3) is 6.15. The van der Waals surface area contributed by atoms with Crippen molar-refractivity contribution in [2.45, 2.75) is 23.2 Å². The van der Waals surface area contributed by atoms with Crippen molar-refractivity contribution in [1.29, 1.82) is 0 Å². The van der Waals surface area contributed by atoms with Gasteiger partial charge in [-0.15, -0.1) is 11.8 Å². The summed E-state index contributed by atoms with van der Waals surface area (Å²) in [6.07, 6.45) is -3.57. The van der Waals surface area contributed by atoms with Gasteiger partial charge in [0.1, 0.15) is 0 Å². The molecular formula is C17H15ClF3NO3S2. The number of nitrogens with one attached hydrogen (secondary N) is 1. The van der Waals surface area contributed by atoms with Crippen molar-refractivity contribution in [2.24, 2.45) is 0 Å². The summed E-state index contributed by atoms with van der Waals surface area (Å²) in [4.78, 5) is 12.8. The SMILES string of the molecule is CC(Sc1ccc(Cl)c(C(F)(F)F)c1)C(=O)c1ccc(NS(C)(=O)=O)cc1. The lowest BCUT2D eigenvalue weighted by Gasteiger charge is -2.14. The number of anilines is 1. The van der Waals surface area contributed by atoms with Gasteiger partial charge < -0.3 is 0 Å². The Bertz CT molecular complexity index is 945. The average molecular weight is 438 g/mol. The maximum atomic E-state index is 12.9. The Morgan fingerprint density at radius 2 is 1.74 bits per heavy atom. The fourth-order valence-electron chi connectivity index (χ4n) is 2.20. The standard InChI is InChI=1S/C17H15ClF3NO3S2/c1-10(26-13-7-8-15(18)14(9-13)17(19,20)21)16(23)11-3-5-12(6-4-11)22-27(2,24)25/h3-10,22H,1-2H3. The molecule has 146 valence electrons. The molecule has 0 aliphatic rings. The van der Waals surface area contributed by atoms with Crippen molar-refractivity contribution in [2.75, 3.05) is 11.0 Å². The van der Waals surface area contributed by atoms with Crippen LogP contribution in [-0.4, -0.2) is 25.7 Å². The number of ketones is 1. The molecule has 0 saturated carbocycles. The number of benzene rings is 2. The van der Waals surface area contributed by atoms with Gasteiger partial charge in [-0.1, -0.05) is 11.6 Å². The van der Waals surface area contributed by atoms with E-state index in [1.165, 1.54) is 30.3 Å². The molecular weight excluding hydrogens is 423 g/mol. The van der Waals surface area contributed by atoms with E-state index >= 15 is 0 Å². The van der Waals surface area contributed by atoms with E-state index in [9.17, 15) is 26.4 Å². The van der Waals surface area contributed by atoms with Gasteiger partial charge in [-0.05, 0) is 49.4 Å². The molecule has 0 heterocycles. The van der Waals surface area contributed by atoms with E-state index < -0.39 is 32.0 Å². The molecule has 0 aliphatic heterocycles. The van der Waals surface area contributed by atoms with E-state index in [1.54, 1.807) is 6.92 Å². The van der Waals surface area contributed by atoms with Gasteiger partial charge in [-0.2, -0.15) is 13.2 Å². The van der Waals surface area contributed by atoms with Crippen molar-refractivity contribution < 1.29 is 26.4 Å². The van der Waals surface area contributed by atoms with Crippen LogP contribution in [0.25, 0.3) is 0 Å². The summed E-state index contributed by atoms with van der Waals surface area (Å²) >= 11 is 6.57. The van der Waals surface area contributed by atoms with Gasteiger partial charge in [-0.3, -0.25) is 9.52 Å². The van der Waals surface area contributed by atoms with Crippen LogP contribution in [0.1, 0.15) is 22.8 Å². The van der Waals surface area contributed by atoms with Crippen LogP contribution in [0.4, 0.5) is 18.9 Å². The van der Waals surface area contributed by atoms with E-state index in [0.29, 0.717) is 11.3 Å². The number of carbonyl (C=O) groups is 1. The van der Waals surface area contributed by atoms with Crippen molar-refractivity contribution in [3.8, 4) is 0 Å². The average Bonchev–Trinajstić information content (AvgIpc) is 2.54. The first kappa shape index (κ1) is 21.6. The maximum absolute atomic E-state index is 12.9. The van der Waals surface area contributed by atoms with E-state index in [-0.39, 0.29) is 10.7 Å². The molecule has 4 nitrogen and oxygen atoms in total. The van der Waals surface area contributed by atoms with Crippen LogP contribution in [0.15, 0.2) is 47.4 Å². The Morgan fingerprint density at radius 3 is 2.26 bits per heavy atom. The van der Waals surface area contributed by atoms with Gasteiger partial charge in [0, 0.05) is 16.1 Å². The first-order chi connectivity index (χ1) is 12.4. The number of rotatable bonds is 6. The Labute approximate surface area is 164 Å². The summed E-state index contributed by atoms with van der Waals surface area (Å²) in [5.41, 5.74) is -0.328. The number of hydrogen-bond acceptors (Lipinski definition) is 4. The van der Waals surface area contributed by atoms with Crippen LogP contribution in [0.5, 0.6) is 0 Å². The number of Topliss-reactive ketones (excluding diaryl/α,β-unsaturated/α-hetero) is 1. The highest BCUT2D eigenvalue weighted by molar-refractivity contribution is 8.00. The normalized spacial score (nSPS) is 13.3. The fourth-order valence-corrected chi connectivity index (χ4v) is 3.98. The van der Waals surface area contributed by atoms with E-state index in [1.807, 2.05) is 0 Å². The van der Waals surface area contributed by atoms with Gasteiger partial charge in [0.2, 0.25) is 10.0 Å². The number of hydrogen-bond donors (Lipinski definition) is 1. The molecule has 0 fully saturated rings. The lowest BCUT2D eigenvalue weighted by Crippen LogP contribution is -2.14. The molecule has 1 N–H and O–H groups in total. The van der Waals surface area contributed by atoms with Crippen LogP contribution in [-0.2, 0) is 16.2 Å². The monoisotopic (exact) mass is 437 g/mol. The van der Waals surface area contributed by atoms with E-state index in [0.717, 1.165) is 30.2 Å². The zero-order valence-corrected chi connectivity index (χ0v) is 16.6. The molecule has 1 atom stereocenters. The molecule has 2 aromatic carbocycles. The predicted molar refractivity (Wildman–Crippen MR) is 101 cm³/mol. The maximum Gasteiger partial charge on any atom is 0.417 e. The van der Waals surface area contributed by atoms with Crippen molar-refractivity contribution in [3.63, 3.8) is 0 Å². The van der Waals surface area contributed by atoms with Gasteiger partial charge in [-0.25, -0.2) is 8.42 Å². The van der Waals surface area contributed by atoms with Crippen molar-refractivity contribution in [1.82, 2.24) is 0 Å². The summed E-state index contributed by atoms with van der Waals surface area (Å²) in [5, 5.41) is -1.05. The van der Waals surface area contributed by atoms with Gasteiger partial charge in [0.15, 0.2) is 5.78 Å². The summed E-state index contributed by atoms with van der Waals surface area (Å²) in [6.45, 7) is 1.58. The highest BCUT2D eigenvalue weighted by atomic mass is 35.5. The lowest BCUT2D eigenvalue weighted by atomic mass is 10.1. The topological polar surface area (TPSA) is 63.2 Å². The second-order valence-electron chi connectivity index (χ2n) is 5.72. The minimum atomic E-state index is -4.58. The Kier molecular flexibility index (Phi) is 6.49. The first-order valence-electron chi connectivity index (χ1n) is 7.52. The second-order valence-corrected chi connectivity index (χ2v) is 9.29. The van der Waals surface area contributed by atoms with Crippen LogP contribution in [0.2, 0.25) is 5.02 Å². The lowest BCUT2D eigenvalue weighted by molar-refractivity contribution is -0.137. The van der Waals surface area contributed by atoms with E-state index in [2.05, 4.69) is 4.72 Å². The molecule has 1 unspecified atom stereocenters. The van der Waals surface area contributed by atoms with Gasteiger partial charge >= 0.3 is 6.18 Å². The zero-order chi connectivity index (χ0) is 20.4. The molecule has 0 aliphatic carbocycles. The minimum Gasteiger partial charge on any atom is -0.293 e. The highest BCUT2D eigenvalue weighted by Crippen LogP contribution is 2.38. The van der Waals surface area contributed by atoms with Crippen molar-refractivity contribution in [3.05, 3.63) is 58.6 Å². The molecule has 2 aromatic rings. The molecule has 2 rings (SSSR count). The summed E-state index contributed by atoms with van der Waals surface area (Å²) in [6, 6.07) is 9.27. The molecule has 0 aromatic heterocycles. The molecule has 0 bridgehead atoms. The molecule has 0 radical (unpaired) electrons. The molecule has 27 heavy (non-hydrogen) atoms. The Balaban J connectivity index is 2.14. The molecule has 0 saturated heterocycles. The largest absolute Gasteiger partial charge is 0.417 e. The molecule has 0 amide bonds. The van der Waals surface area contributed by atoms with Crippen LogP contribution in [0.3, 0.4) is 0 Å². The number of sulfonamides is 1. The third-order valence-electron chi connectivity index (χ3n) is 3.40. The summed E-state index contributed by atoms with van der Waals surface area (Å²) < 4.78 is 63.4. The Morgan fingerprint density at radius 1 is 1.15 bits per heavy atom. The Hall–Kier alpha value is -1.71. The predicted octanol–water partition coefficient (Wildman–Crippen LogP) is 5.09. The number of halogens is 4. The summed E-state index contributed by atoms with van der Waals surface area (Å²) in [7, 11) is -3.43. The van der Waals surface area contributed by atoms with E-state index in [4.69, 9.17) is 11.6 Å². The molecule has 10 heteroatoms. The van der Waals surface area contributed by atoms with Crippen LogP contribution >= 0.6 is 23.4 Å². The number of alkyl halides is 3. The smallest absolute Gasteiger partial charge is 0.293 e. The highest BCUT2D eigenvalue weighted by Gasteiger charge is 2.33. The third-order valence-corrected chi connectivity index (χ3v) is 5.43. The second kappa shape index (κ2) is 8.12. The number of carbonyl (C=O) groups excluding carboxylic acids is 1.